The number of aromatic nitrogens is 1. The fourth-order valence-corrected chi connectivity index (χ4v) is 3.52. The monoisotopic (exact) mass is 366 g/mol. The first kappa shape index (κ1) is 16.9. The molecule has 0 radical (unpaired) electrons. The quantitative estimate of drug-likeness (QED) is 0.681. The van der Waals surface area contributed by atoms with Gasteiger partial charge in [0.2, 0.25) is 0 Å². The molecule has 1 aliphatic heterocycles. The summed E-state index contributed by atoms with van der Waals surface area (Å²) in [5.41, 5.74) is 1.52. The zero-order valence-corrected chi connectivity index (χ0v) is 15.0. The minimum atomic E-state index is 0.0257. The second-order valence-electron chi connectivity index (χ2n) is 6.45. The molecule has 1 aromatic heterocycles. The highest BCUT2D eigenvalue weighted by molar-refractivity contribution is 6.30. The first-order chi connectivity index (χ1) is 12.7. The second-order valence-corrected chi connectivity index (χ2v) is 6.89. The summed E-state index contributed by atoms with van der Waals surface area (Å²) in [7, 11) is 0. The van der Waals surface area contributed by atoms with E-state index in [0.29, 0.717) is 23.7 Å². The van der Waals surface area contributed by atoms with Crippen molar-refractivity contribution >= 4 is 28.4 Å². The third-order valence-electron chi connectivity index (χ3n) is 4.69. The highest BCUT2D eigenvalue weighted by Gasteiger charge is 2.25. The van der Waals surface area contributed by atoms with E-state index in [-0.39, 0.29) is 12.0 Å². The number of pyridine rings is 1. The first-order valence-electron chi connectivity index (χ1n) is 8.76. The van der Waals surface area contributed by atoms with Crippen LogP contribution < -0.4 is 4.74 Å². The molecule has 5 heteroatoms. The summed E-state index contributed by atoms with van der Waals surface area (Å²) >= 11 is 5.99. The van der Waals surface area contributed by atoms with E-state index in [1.807, 2.05) is 35.2 Å². The molecule has 4 nitrogen and oxygen atoms in total. The lowest BCUT2D eigenvalue weighted by Crippen LogP contribution is -2.41. The molecule has 0 bridgehead atoms. The van der Waals surface area contributed by atoms with Crippen molar-refractivity contribution in [2.24, 2.45) is 0 Å². The zero-order chi connectivity index (χ0) is 17.9. The van der Waals surface area contributed by atoms with Crippen LogP contribution in [0.1, 0.15) is 23.2 Å². The van der Waals surface area contributed by atoms with Crippen LogP contribution in [0.4, 0.5) is 0 Å². The predicted molar refractivity (Wildman–Crippen MR) is 103 cm³/mol. The van der Waals surface area contributed by atoms with E-state index >= 15 is 0 Å². The normalized spacial score (nSPS) is 15.2. The van der Waals surface area contributed by atoms with E-state index in [4.69, 9.17) is 16.3 Å². The van der Waals surface area contributed by atoms with Crippen molar-refractivity contribution in [3.05, 3.63) is 71.4 Å². The van der Waals surface area contributed by atoms with Gasteiger partial charge in [0.25, 0.3) is 5.91 Å². The van der Waals surface area contributed by atoms with Crippen molar-refractivity contribution in [3.63, 3.8) is 0 Å². The van der Waals surface area contributed by atoms with Crippen LogP contribution in [-0.4, -0.2) is 35.0 Å². The number of hydrogen-bond donors (Lipinski definition) is 0. The van der Waals surface area contributed by atoms with Gasteiger partial charge in [-0.1, -0.05) is 35.9 Å². The number of carbonyl (C=O) groups excluding carboxylic acids is 1. The van der Waals surface area contributed by atoms with Crippen molar-refractivity contribution in [2.45, 2.75) is 18.9 Å². The van der Waals surface area contributed by atoms with Crippen LogP contribution in [0, 0.1) is 0 Å². The minimum Gasteiger partial charge on any atom is -0.488 e. The Morgan fingerprint density at radius 2 is 1.85 bits per heavy atom. The molecule has 0 aliphatic carbocycles. The molecule has 132 valence electrons. The number of carbonyl (C=O) groups is 1. The molecule has 4 rings (SSSR count). The number of fused-ring (bicyclic) bond motifs is 1. The predicted octanol–water partition coefficient (Wildman–Crippen LogP) is 4.57. The lowest BCUT2D eigenvalue weighted by atomic mass is 10.1. The SMILES string of the molecule is O=C(c1cccc(Cl)c1)N1CCC(Oc2cccc3cccnc23)CC1. The number of piperidine rings is 1. The highest BCUT2D eigenvalue weighted by atomic mass is 35.5. The van der Waals surface area contributed by atoms with E-state index in [0.717, 1.165) is 29.5 Å². The van der Waals surface area contributed by atoms with E-state index in [2.05, 4.69) is 4.98 Å². The molecular formula is C21H19ClN2O2. The van der Waals surface area contributed by atoms with Gasteiger partial charge < -0.3 is 9.64 Å². The third-order valence-corrected chi connectivity index (χ3v) is 4.93. The summed E-state index contributed by atoms with van der Waals surface area (Å²) in [4.78, 5) is 18.9. The Balaban J connectivity index is 1.41. The number of nitrogens with zero attached hydrogens (tertiary/aromatic N) is 2. The van der Waals surface area contributed by atoms with Crippen LogP contribution in [0.15, 0.2) is 60.8 Å². The van der Waals surface area contributed by atoms with E-state index in [9.17, 15) is 4.79 Å². The molecule has 0 unspecified atom stereocenters. The molecule has 1 fully saturated rings. The fraction of sp³-hybridized carbons (Fsp3) is 0.238. The molecule has 1 saturated heterocycles. The summed E-state index contributed by atoms with van der Waals surface area (Å²) < 4.78 is 6.20. The smallest absolute Gasteiger partial charge is 0.253 e. The Morgan fingerprint density at radius 1 is 1.08 bits per heavy atom. The van der Waals surface area contributed by atoms with Gasteiger partial charge in [0.1, 0.15) is 17.4 Å². The number of halogens is 1. The molecule has 26 heavy (non-hydrogen) atoms. The number of benzene rings is 2. The Bertz CT molecular complexity index is 931. The molecule has 3 aromatic rings. The van der Waals surface area contributed by atoms with Gasteiger partial charge in [0, 0.05) is 48.1 Å². The Hall–Kier alpha value is -2.59. The molecule has 1 aliphatic rings. The van der Waals surface area contributed by atoms with Gasteiger partial charge in [-0.3, -0.25) is 9.78 Å². The van der Waals surface area contributed by atoms with Gasteiger partial charge in [0.15, 0.2) is 0 Å². The van der Waals surface area contributed by atoms with Gasteiger partial charge in [-0.2, -0.15) is 0 Å². The third kappa shape index (κ3) is 3.51. The first-order valence-corrected chi connectivity index (χ1v) is 9.14. The van der Waals surface area contributed by atoms with Crippen LogP contribution in [0.3, 0.4) is 0 Å². The average molecular weight is 367 g/mol. The van der Waals surface area contributed by atoms with Gasteiger partial charge in [-0.15, -0.1) is 0 Å². The van der Waals surface area contributed by atoms with Crippen molar-refractivity contribution < 1.29 is 9.53 Å². The van der Waals surface area contributed by atoms with Gasteiger partial charge in [-0.05, 0) is 30.3 Å². The summed E-state index contributed by atoms with van der Waals surface area (Å²) in [5.74, 6) is 0.834. The fourth-order valence-electron chi connectivity index (χ4n) is 3.33. The van der Waals surface area contributed by atoms with Crippen LogP contribution >= 0.6 is 11.6 Å². The molecule has 2 aromatic carbocycles. The molecule has 1 amide bonds. The number of hydrogen-bond acceptors (Lipinski definition) is 3. The van der Waals surface area contributed by atoms with Crippen LogP contribution in [0.2, 0.25) is 5.02 Å². The topological polar surface area (TPSA) is 42.4 Å². The number of rotatable bonds is 3. The molecule has 0 spiro atoms. The van der Waals surface area contributed by atoms with Crippen molar-refractivity contribution in [1.82, 2.24) is 9.88 Å². The van der Waals surface area contributed by atoms with E-state index in [1.165, 1.54) is 0 Å². The number of amides is 1. The number of ether oxygens (including phenoxy) is 1. The Labute approximate surface area is 157 Å². The maximum absolute atomic E-state index is 12.6. The highest BCUT2D eigenvalue weighted by Crippen LogP contribution is 2.26. The van der Waals surface area contributed by atoms with Gasteiger partial charge in [-0.25, -0.2) is 0 Å². The lowest BCUT2D eigenvalue weighted by molar-refractivity contribution is 0.0597. The molecule has 0 atom stereocenters. The van der Waals surface area contributed by atoms with Crippen molar-refractivity contribution in [2.75, 3.05) is 13.1 Å². The molecule has 2 heterocycles. The van der Waals surface area contributed by atoms with Crippen molar-refractivity contribution in [1.29, 1.82) is 0 Å². The number of likely N-dealkylation sites (tertiary alicyclic amines) is 1. The number of para-hydroxylation sites is 1. The van der Waals surface area contributed by atoms with Gasteiger partial charge >= 0.3 is 0 Å². The molecular weight excluding hydrogens is 348 g/mol. The largest absolute Gasteiger partial charge is 0.488 e. The maximum atomic E-state index is 12.6. The summed E-state index contributed by atoms with van der Waals surface area (Å²) in [6, 6.07) is 17.0. The summed E-state index contributed by atoms with van der Waals surface area (Å²) in [6.45, 7) is 1.35. The van der Waals surface area contributed by atoms with Crippen LogP contribution in [-0.2, 0) is 0 Å². The summed E-state index contributed by atoms with van der Waals surface area (Å²) in [5, 5.41) is 1.65. The zero-order valence-electron chi connectivity index (χ0n) is 14.3. The van der Waals surface area contributed by atoms with Crippen LogP contribution in [0.25, 0.3) is 10.9 Å². The Morgan fingerprint density at radius 3 is 2.65 bits per heavy atom. The standard InChI is InChI=1S/C21H19ClN2O2/c22-17-7-1-5-16(14-17)21(25)24-12-9-18(10-13-24)26-19-8-2-4-15-6-3-11-23-20(15)19/h1-8,11,14,18H,9-10,12-13H2. The second kappa shape index (κ2) is 7.34. The van der Waals surface area contributed by atoms with Crippen LogP contribution in [0.5, 0.6) is 5.75 Å². The van der Waals surface area contributed by atoms with E-state index < -0.39 is 0 Å². The average Bonchev–Trinajstić information content (AvgIpc) is 2.68. The van der Waals surface area contributed by atoms with Gasteiger partial charge in [0.05, 0.1) is 0 Å². The van der Waals surface area contributed by atoms with E-state index in [1.54, 1.807) is 30.5 Å². The maximum Gasteiger partial charge on any atom is 0.253 e. The Kier molecular flexibility index (Phi) is 4.76. The van der Waals surface area contributed by atoms with Crippen molar-refractivity contribution in [3.8, 4) is 5.75 Å². The molecule has 0 N–H and O–H groups in total. The molecule has 0 saturated carbocycles. The lowest BCUT2D eigenvalue weighted by Gasteiger charge is -2.32. The summed E-state index contributed by atoms with van der Waals surface area (Å²) in [6.07, 6.45) is 3.47. The minimum absolute atomic E-state index is 0.0257.